The van der Waals surface area contributed by atoms with Gasteiger partial charge in [-0.05, 0) is 31.2 Å². The first-order chi connectivity index (χ1) is 11.5. The highest BCUT2D eigenvalue weighted by Gasteiger charge is 2.26. The molecule has 1 amide bonds. The van der Waals surface area contributed by atoms with Crippen LogP contribution in [0.15, 0.2) is 41.8 Å². The number of hydrogen-bond donors (Lipinski definition) is 0. The van der Waals surface area contributed by atoms with Gasteiger partial charge in [-0.1, -0.05) is 11.8 Å². The number of benzene rings is 1. The predicted molar refractivity (Wildman–Crippen MR) is 93.7 cm³/mol. The molecule has 1 aromatic carbocycles. The third kappa shape index (κ3) is 3.72. The van der Waals surface area contributed by atoms with Gasteiger partial charge in [0.1, 0.15) is 5.82 Å². The van der Waals surface area contributed by atoms with Gasteiger partial charge in [0, 0.05) is 51.3 Å². The number of amides is 1. The third-order valence-corrected chi connectivity index (χ3v) is 5.35. The van der Waals surface area contributed by atoms with Crippen LogP contribution < -0.4 is 4.90 Å². The summed E-state index contributed by atoms with van der Waals surface area (Å²) in [5, 5.41) is 0.685. The molecular formula is C17H21FN4OS. The first-order valence-corrected chi connectivity index (χ1v) is 8.86. The molecule has 0 saturated carbocycles. The number of hydrogen-bond acceptors (Lipinski definition) is 4. The highest BCUT2D eigenvalue weighted by molar-refractivity contribution is 8.00. The van der Waals surface area contributed by atoms with Gasteiger partial charge < -0.3 is 14.4 Å². The van der Waals surface area contributed by atoms with Gasteiger partial charge >= 0.3 is 0 Å². The van der Waals surface area contributed by atoms with Crippen LogP contribution >= 0.6 is 11.8 Å². The molecule has 128 valence electrons. The number of rotatable bonds is 4. The molecule has 0 N–H and O–H groups in total. The third-order valence-electron chi connectivity index (χ3n) is 4.19. The number of carbonyl (C=O) groups is 1. The van der Waals surface area contributed by atoms with E-state index >= 15 is 0 Å². The highest BCUT2D eigenvalue weighted by atomic mass is 32.2. The van der Waals surface area contributed by atoms with Crippen molar-refractivity contribution in [3.63, 3.8) is 0 Å². The molecule has 1 aliphatic rings. The summed E-state index contributed by atoms with van der Waals surface area (Å²) in [6.07, 6.45) is 3.61. The molecule has 0 aliphatic carbocycles. The van der Waals surface area contributed by atoms with Crippen LogP contribution in [0.3, 0.4) is 0 Å². The number of anilines is 1. The van der Waals surface area contributed by atoms with Crippen molar-refractivity contribution in [3.05, 3.63) is 42.5 Å². The van der Waals surface area contributed by atoms with Gasteiger partial charge in [0.05, 0.1) is 5.25 Å². The second-order valence-corrected chi connectivity index (χ2v) is 7.18. The van der Waals surface area contributed by atoms with Crippen molar-refractivity contribution >= 4 is 23.4 Å². The zero-order valence-corrected chi connectivity index (χ0v) is 14.7. The van der Waals surface area contributed by atoms with Crippen molar-refractivity contribution < 1.29 is 9.18 Å². The summed E-state index contributed by atoms with van der Waals surface area (Å²) in [5.74, 6) is -0.0885. The normalized spacial score (nSPS) is 16.3. The lowest BCUT2D eigenvalue weighted by Gasteiger charge is -2.37. The number of piperazine rings is 1. The van der Waals surface area contributed by atoms with E-state index in [0.29, 0.717) is 13.1 Å². The number of imidazole rings is 1. The van der Waals surface area contributed by atoms with Gasteiger partial charge in [0.15, 0.2) is 5.16 Å². The largest absolute Gasteiger partial charge is 0.368 e. The maximum absolute atomic E-state index is 13.0. The molecule has 2 aromatic rings. The lowest BCUT2D eigenvalue weighted by molar-refractivity contribution is -0.130. The molecule has 1 atom stereocenters. The number of aryl methyl sites for hydroxylation is 1. The van der Waals surface area contributed by atoms with Gasteiger partial charge in [-0.3, -0.25) is 4.79 Å². The fraction of sp³-hybridized carbons (Fsp3) is 0.412. The average Bonchev–Trinajstić information content (AvgIpc) is 3.00. The molecular weight excluding hydrogens is 327 g/mol. The maximum atomic E-state index is 13.0. The summed E-state index contributed by atoms with van der Waals surface area (Å²) < 4.78 is 14.9. The number of thioether (sulfide) groups is 1. The van der Waals surface area contributed by atoms with Crippen LogP contribution in [0.5, 0.6) is 0 Å². The number of aromatic nitrogens is 2. The Kier molecular flexibility index (Phi) is 5.08. The Morgan fingerprint density at radius 3 is 2.46 bits per heavy atom. The average molecular weight is 348 g/mol. The fourth-order valence-electron chi connectivity index (χ4n) is 2.77. The van der Waals surface area contributed by atoms with Gasteiger partial charge in [0.2, 0.25) is 5.91 Å². The standard InChI is InChI=1S/C17H21FN4OS/c1-13(24-17-19-7-8-20(17)2)16(23)22-11-9-21(10-12-22)15-5-3-14(18)4-6-15/h3-8,13H,9-12H2,1-2H3. The van der Waals surface area contributed by atoms with Crippen LogP contribution in [-0.2, 0) is 11.8 Å². The topological polar surface area (TPSA) is 41.4 Å². The molecule has 3 rings (SSSR count). The second kappa shape index (κ2) is 7.25. The Labute approximate surface area is 145 Å². The predicted octanol–water partition coefficient (Wildman–Crippen LogP) is 2.39. The van der Waals surface area contributed by atoms with E-state index in [1.54, 1.807) is 18.3 Å². The van der Waals surface area contributed by atoms with Crippen molar-refractivity contribution in [3.8, 4) is 0 Å². The van der Waals surface area contributed by atoms with E-state index in [-0.39, 0.29) is 17.0 Å². The Balaban J connectivity index is 1.54. The maximum Gasteiger partial charge on any atom is 0.236 e. The van der Waals surface area contributed by atoms with Crippen molar-refractivity contribution in [1.29, 1.82) is 0 Å². The van der Waals surface area contributed by atoms with Gasteiger partial charge in [-0.2, -0.15) is 0 Å². The summed E-state index contributed by atoms with van der Waals surface area (Å²) in [7, 11) is 1.92. The smallest absolute Gasteiger partial charge is 0.236 e. The molecule has 0 spiro atoms. The van der Waals surface area contributed by atoms with Crippen molar-refractivity contribution in [2.75, 3.05) is 31.1 Å². The van der Waals surface area contributed by atoms with Crippen LogP contribution in [0.1, 0.15) is 6.92 Å². The van der Waals surface area contributed by atoms with E-state index in [0.717, 1.165) is 23.9 Å². The van der Waals surface area contributed by atoms with Gasteiger partial charge in [-0.25, -0.2) is 9.37 Å². The lowest BCUT2D eigenvalue weighted by atomic mass is 10.2. The Morgan fingerprint density at radius 2 is 1.88 bits per heavy atom. The molecule has 2 heterocycles. The van der Waals surface area contributed by atoms with Gasteiger partial charge in [0.25, 0.3) is 0 Å². The molecule has 1 unspecified atom stereocenters. The first kappa shape index (κ1) is 16.8. The Morgan fingerprint density at radius 1 is 1.21 bits per heavy atom. The molecule has 0 radical (unpaired) electrons. The Hall–Kier alpha value is -2.02. The molecule has 1 saturated heterocycles. The van der Waals surface area contributed by atoms with E-state index in [9.17, 15) is 9.18 Å². The summed E-state index contributed by atoms with van der Waals surface area (Å²) in [4.78, 5) is 21.0. The first-order valence-electron chi connectivity index (χ1n) is 7.98. The molecule has 7 heteroatoms. The summed E-state index contributed by atoms with van der Waals surface area (Å²) in [6, 6.07) is 6.51. The molecule has 5 nitrogen and oxygen atoms in total. The van der Waals surface area contributed by atoms with Crippen LogP contribution in [0.25, 0.3) is 0 Å². The molecule has 1 aliphatic heterocycles. The van der Waals surface area contributed by atoms with Crippen molar-refractivity contribution in [1.82, 2.24) is 14.5 Å². The van der Waals surface area contributed by atoms with E-state index in [2.05, 4.69) is 9.88 Å². The van der Waals surface area contributed by atoms with E-state index in [1.807, 2.05) is 29.6 Å². The molecule has 1 aromatic heterocycles. The monoisotopic (exact) mass is 348 g/mol. The second-order valence-electron chi connectivity index (χ2n) is 5.87. The minimum absolute atomic E-state index is 0.141. The zero-order valence-electron chi connectivity index (χ0n) is 13.9. The molecule has 1 fully saturated rings. The van der Waals surface area contributed by atoms with E-state index < -0.39 is 0 Å². The van der Waals surface area contributed by atoms with E-state index in [4.69, 9.17) is 0 Å². The molecule has 0 bridgehead atoms. The summed E-state index contributed by atoms with van der Waals surface area (Å²) in [5.41, 5.74) is 0.999. The van der Waals surface area contributed by atoms with Crippen molar-refractivity contribution in [2.45, 2.75) is 17.3 Å². The SMILES string of the molecule is CC(Sc1nccn1C)C(=O)N1CCN(c2ccc(F)cc2)CC1. The van der Waals surface area contributed by atoms with Crippen LogP contribution in [0, 0.1) is 5.82 Å². The highest BCUT2D eigenvalue weighted by Crippen LogP contribution is 2.23. The Bertz CT molecular complexity index is 695. The number of nitrogens with zero attached hydrogens (tertiary/aromatic N) is 4. The number of halogens is 1. The number of carbonyl (C=O) groups excluding carboxylic acids is 1. The van der Waals surface area contributed by atoms with Crippen LogP contribution in [0.4, 0.5) is 10.1 Å². The molecule has 24 heavy (non-hydrogen) atoms. The van der Waals surface area contributed by atoms with Crippen LogP contribution in [0.2, 0.25) is 0 Å². The fourth-order valence-corrected chi connectivity index (χ4v) is 3.68. The lowest BCUT2D eigenvalue weighted by Crippen LogP contribution is -2.50. The van der Waals surface area contributed by atoms with Gasteiger partial charge in [-0.15, -0.1) is 0 Å². The zero-order chi connectivity index (χ0) is 17.1. The van der Waals surface area contributed by atoms with E-state index in [1.165, 1.54) is 23.9 Å². The summed E-state index contributed by atoms with van der Waals surface area (Å²) >= 11 is 1.48. The quantitative estimate of drug-likeness (QED) is 0.796. The summed E-state index contributed by atoms with van der Waals surface area (Å²) in [6.45, 7) is 4.81. The van der Waals surface area contributed by atoms with Crippen molar-refractivity contribution in [2.24, 2.45) is 7.05 Å². The minimum Gasteiger partial charge on any atom is -0.368 e. The van der Waals surface area contributed by atoms with Crippen LogP contribution in [-0.4, -0.2) is 51.8 Å². The minimum atomic E-state index is -0.229.